The van der Waals surface area contributed by atoms with Gasteiger partial charge >= 0.3 is 12.1 Å². The Hall–Kier alpha value is -0.820. The van der Waals surface area contributed by atoms with Crippen molar-refractivity contribution in [1.29, 1.82) is 0 Å². The highest BCUT2D eigenvalue weighted by Crippen LogP contribution is 2.20. The van der Waals surface area contributed by atoms with Gasteiger partial charge in [0.1, 0.15) is 0 Å². The summed E-state index contributed by atoms with van der Waals surface area (Å²) in [5.41, 5.74) is 0. The Morgan fingerprint density at radius 2 is 2.21 bits per heavy atom. The second-order valence-electron chi connectivity index (χ2n) is 3.05. The molecule has 1 aliphatic heterocycles. The van der Waals surface area contributed by atoms with E-state index in [1.165, 1.54) is 0 Å². The predicted octanol–water partition coefficient (Wildman–Crippen LogP) is 0.0198. The molecule has 1 heterocycles. The summed E-state index contributed by atoms with van der Waals surface area (Å²) in [6.45, 7) is 0.956. The van der Waals surface area contributed by atoms with E-state index in [1.54, 1.807) is 0 Å². The van der Waals surface area contributed by atoms with Gasteiger partial charge in [-0.1, -0.05) is 0 Å². The lowest BCUT2D eigenvalue weighted by Crippen LogP contribution is -2.34. The first-order valence-electron chi connectivity index (χ1n) is 4.08. The molecule has 0 aromatic rings. The number of nitrogens with one attached hydrogen (secondary N) is 1. The number of aliphatic hydroxyl groups is 1. The van der Waals surface area contributed by atoms with Crippen LogP contribution in [0.3, 0.4) is 0 Å². The fraction of sp³-hybridized carbons (Fsp3) is 0.857. The van der Waals surface area contributed by atoms with Crippen LogP contribution in [0.25, 0.3) is 0 Å². The predicted molar refractivity (Wildman–Crippen MR) is 39.1 cm³/mol. The Kier molecular flexibility index (Phi) is 3.33. The molecule has 0 aromatic heterocycles. The standard InChI is InChI=1S/C7H10F3NO3/c8-7(9,10)6(13)14-5(12)4-1-2-11-3-4/h4-5,11-12H,1-3H2/t4-,5?/m0/s1. The molecule has 2 atom stereocenters. The van der Waals surface area contributed by atoms with Crippen LogP contribution in [-0.4, -0.2) is 36.6 Å². The van der Waals surface area contributed by atoms with Crippen molar-refractivity contribution in [2.45, 2.75) is 18.9 Å². The van der Waals surface area contributed by atoms with E-state index in [2.05, 4.69) is 10.1 Å². The number of alkyl halides is 3. The number of carbonyl (C=O) groups excluding carboxylic acids is 1. The van der Waals surface area contributed by atoms with Gasteiger partial charge < -0.3 is 15.2 Å². The highest BCUT2D eigenvalue weighted by Gasteiger charge is 2.43. The first-order valence-corrected chi connectivity index (χ1v) is 4.08. The SMILES string of the molecule is O=C(OC(O)[C@H]1CCNC1)C(F)(F)F. The summed E-state index contributed by atoms with van der Waals surface area (Å²) >= 11 is 0. The third kappa shape index (κ3) is 2.85. The van der Waals surface area contributed by atoms with E-state index in [1.807, 2.05) is 0 Å². The fourth-order valence-corrected chi connectivity index (χ4v) is 1.19. The number of esters is 1. The van der Waals surface area contributed by atoms with Gasteiger partial charge in [0.15, 0.2) is 0 Å². The quantitative estimate of drug-likeness (QED) is 0.501. The van der Waals surface area contributed by atoms with Gasteiger partial charge in [-0.05, 0) is 13.0 Å². The number of rotatable bonds is 2. The molecule has 0 aromatic carbocycles. The summed E-state index contributed by atoms with van der Waals surface area (Å²) in [5, 5.41) is 11.9. The number of hydrogen-bond donors (Lipinski definition) is 2. The molecule has 14 heavy (non-hydrogen) atoms. The van der Waals surface area contributed by atoms with Gasteiger partial charge in [-0.3, -0.25) is 0 Å². The van der Waals surface area contributed by atoms with Gasteiger partial charge in [-0.2, -0.15) is 13.2 Å². The van der Waals surface area contributed by atoms with Crippen LogP contribution in [0.5, 0.6) is 0 Å². The second kappa shape index (κ2) is 4.14. The molecule has 0 aliphatic carbocycles. The topological polar surface area (TPSA) is 58.6 Å². The van der Waals surface area contributed by atoms with E-state index in [0.717, 1.165) is 0 Å². The molecule has 7 heteroatoms. The Labute approximate surface area is 78.0 Å². The zero-order valence-electron chi connectivity index (χ0n) is 7.17. The zero-order valence-corrected chi connectivity index (χ0v) is 7.17. The van der Waals surface area contributed by atoms with Crippen LogP contribution in [0.15, 0.2) is 0 Å². The molecule has 1 unspecified atom stereocenters. The maximum absolute atomic E-state index is 11.7. The van der Waals surface area contributed by atoms with Crippen molar-refractivity contribution in [2.75, 3.05) is 13.1 Å². The molecule has 2 N–H and O–H groups in total. The molecule has 0 bridgehead atoms. The summed E-state index contributed by atoms with van der Waals surface area (Å²) in [5.74, 6) is -2.81. The Bertz CT molecular complexity index is 213. The molecule has 1 rings (SSSR count). The van der Waals surface area contributed by atoms with Crippen molar-refractivity contribution in [3.8, 4) is 0 Å². The van der Waals surface area contributed by atoms with Gasteiger partial charge in [-0.25, -0.2) is 4.79 Å². The number of halogens is 3. The summed E-state index contributed by atoms with van der Waals surface area (Å²) in [7, 11) is 0. The van der Waals surface area contributed by atoms with Gasteiger partial charge in [0.25, 0.3) is 0 Å². The first kappa shape index (κ1) is 11.3. The molecular weight excluding hydrogens is 203 g/mol. The van der Waals surface area contributed by atoms with Crippen molar-refractivity contribution in [1.82, 2.24) is 5.32 Å². The number of carbonyl (C=O) groups is 1. The summed E-state index contributed by atoms with van der Waals surface area (Å²) in [6, 6.07) is 0. The van der Waals surface area contributed by atoms with Crippen LogP contribution >= 0.6 is 0 Å². The molecule has 0 amide bonds. The van der Waals surface area contributed by atoms with E-state index in [0.29, 0.717) is 19.5 Å². The summed E-state index contributed by atoms with van der Waals surface area (Å²) in [6.07, 6.45) is -6.24. The van der Waals surface area contributed by atoms with Crippen LogP contribution in [-0.2, 0) is 9.53 Å². The third-order valence-corrected chi connectivity index (χ3v) is 1.96. The maximum Gasteiger partial charge on any atom is 0.491 e. The van der Waals surface area contributed by atoms with Gasteiger partial charge in [0.05, 0.1) is 0 Å². The minimum absolute atomic E-state index is 0.353. The fourth-order valence-electron chi connectivity index (χ4n) is 1.19. The van der Waals surface area contributed by atoms with Crippen molar-refractivity contribution in [3.63, 3.8) is 0 Å². The van der Waals surface area contributed by atoms with Gasteiger partial charge in [-0.15, -0.1) is 0 Å². The zero-order chi connectivity index (χ0) is 10.8. The Balaban J connectivity index is 2.39. The molecule has 0 radical (unpaired) electrons. The second-order valence-corrected chi connectivity index (χ2v) is 3.05. The molecule has 1 fully saturated rings. The first-order chi connectivity index (χ1) is 6.41. The minimum atomic E-state index is -5.05. The van der Waals surface area contributed by atoms with Gasteiger partial charge in [0, 0.05) is 12.5 Å². The highest BCUT2D eigenvalue weighted by atomic mass is 19.4. The van der Waals surface area contributed by atoms with Crippen LogP contribution in [0.2, 0.25) is 0 Å². The lowest BCUT2D eigenvalue weighted by molar-refractivity contribution is -0.224. The lowest BCUT2D eigenvalue weighted by atomic mass is 10.1. The highest BCUT2D eigenvalue weighted by molar-refractivity contribution is 5.75. The number of ether oxygens (including phenoxy) is 1. The molecular formula is C7H10F3NO3. The van der Waals surface area contributed by atoms with E-state index in [-0.39, 0.29) is 0 Å². The van der Waals surface area contributed by atoms with E-state index in [4.69, 9.17) is 5.11 Å². The monoisotopic (exact) mass is 213 g/mol. The Morgan fingerprint density at radius 1 is 1.57 bits per heavy atom. The van der Waals surface area contributed by atoms with E-state index in [9.17, 15) is 18.0 Å². The number of aliphatic hydroxyl groups excluding tert-OH is 1. The average Bonchev–Trinajstić information content (AvgIpc) is 2.53. The van der Waals surface area contributed by atoms with Crippen molar-refractivity contribution in [3.05, 3.63) is 0 Å². The van der Waals surface area contributed by atoms with Crippen LogP contribution in [0.4, 0.5) is 13.2 Å². The van der Waals surface area contributed by atoms with Crippen molar-refractivity contribution in [2.24, 2.45) is 5.92 Å². The normalized spacial score (nSPS) is 24.7. The Morgan fingerprint density at radius 3 is 2.64 bits per heavy atom. The van der Waals surface area contributed by atoms with Crippen LogP contribution in [0, 0.1) is 5.92 Å². The maximum atomic E-state index is 11.7. The van der Waals surface area contributed by atoms with Crippen molar-refractivity contribution >= 4 is 5.97 Å². The van der Waals surface area contributed by atoms with E-state index >= 15 is 0 Å². The van der Waals surface area contributed by atoms with Crippen LogP contribution < -0.4 is 5.32 Å². The molecule has 82 valence electrons. The molecule has 0 spiro atoms. The lowest BCUT2D eigenvalue weighted by Gasteiger charge is -2.17. The minimum Gasteiger partial charge on any atom is -0.429 e. The van der Waals surface area contributed by atoms with Crippen LogP contribution in [0.1, 0.15) is 6.42 Å². The summed E-state index contributed by atoms with van der Waals surface area (Å²) < 4.78 is 38.9. The van der Waals surface area contributed by atoms with E-state index < -0.39 is 24.4 Å². The smallest absolute Gasteiger partial charge is 0.429 e. The molecule has 1 saturated heterocycles. The largest absolute Gasteiger partial charge is 0.491 e. The average molecular weight is 213 g/mol. The third-order valence-electron chi connectivity index (χ3n) is 1.96. The molecule has 1 aliphatic rings. The van der Waals surface area contributed by atoms with Crippen molar-refractivity contribution < 1.29 is 27.8 Å². The molecule has 0 saturated carbocycles. The summed E-state index contributed by atoms with van der Waals surface area (Å²) in [4.78, 5) is 10.3. The number of hydrogen-bond acceptors (Lipinski definition) is 4. The van der Waals surface area contributed by atoms with Gasteiger partial charge in [0.2, 0.25) is 6.29 Å². The molecule has 4 nitrogen and oxygen atoms in total.